The number of nitrogen functional groups attached to an aromatic ring is 1. The summed E-state index contributed by atoms with van der Waals surface area (Å²) in [5, 5.41) is 2.74. The lowest BCUT2D eigenvalue weighted by Crippen LogP contribution is -2.24. The number of amides is 1. The molecule has 0 saturated carbocycles. The number of hydrogen-bond donors (Lipinski definition) is 2. The van der Waals surface area contributed by atoms with Crippen LogP contribution in [0.2, 0.25) is 0 Å². The van der Waals surface area contributed by atoms with Crippen molar-refractivity contribution in [2.75, 3.05) is 11.1 Å². The van der Waals surface area contributed by atoms with E-state index in [9.17, 15) is 9.59 Å². The maximum atomic E-state index is 12.5. The summed E-state index contributed by atoms with van der Waals surface area (Å²) in [6, 6.07) is 19.8. The van der Waals surface area contributed by atoms with Crippen LogP contribution in [0.15, 0.2) is 76.7 Å². The third-order valence-electron chi connectivity index (χ3n) is 3.63. The van der Waals surface area contributed by atoms with E-state index in [2.05, 4.69) is 10.3 Å². The predicted molar refractivity (Wildman–Crippen MR) is 105 cm³/mol. The molecule has 0 bridgehead atoms. The van der Waals surface area contributed by atoms with Gasteiger partial charge in [-0.2, -0.15) is 4.98 Å². The number of rotatable bonds is 5. The Morgan fingerprint density at radius 1 is 1.12 bits per heavy atom. The smallest absolute Gasteiger partial charge is 0.275 e. The maximum absolute atomic E-state index is 12.5. The zero-order chi connectivity index (χ0) is 18.5. The van der Waals surface area contributed by atoms with Gasteiger partial charge >= 0.3 is 0 Å². The number of aromatic nitrogens is 2. The first-order valence-corrected chi connectivity index (χ1v) is 8.90. The second-order valence-corrected chi connectivity index (χ2v) is 6.90. The van der Waals surface area contributed by atoms with Crippen LogP contribution in [0.25, 0.3) is 5.69 Å². The minimum absolute atomic E-state index is 0.183. The van der Waals surface area contributed by atoms with Gasteiger partial charge in [-0.3, -0.25) is 14.2 Å². The largest absolute Gasteiger partial charge is 0.385 e. The number of nitrogens with zero attached hydrogens (tertiary/aromatic N) is 2. The van der Waals surface area contributed by atoms with Crippen molar-refractivity contribution >= 4 is 29.2 Å². The van der Waals surface area contributed by atoms with Gasteiger partial charge < -0.3 is 11.1 Å². The van der Waals surface area contributed by atoms with Crippen molar-refractivity contribution in [3.8, 4) is 5.69 Å². The fourth-order valence-corrected chi connectivity index (χ4v) is 3.31. The van der Waals surface area contributed by atoms with E-state index in [4.69, 9.17) is 5.73 Å². The van der Waals surface area contributed by atoms with Crippen LogP contribution in [-0.2, 0) is 4.79 Å². The van der Waals surface area contributed by atoms with Crippen molar-refractivity contribution in [2.45, 2.75) is 17.3 Å². The van der Waals surface area contributed by atoms with Crippen LogP contribution >= 0.6 is 11.8 Å². The first-order chi connectivity index (χ1) is 12.5. The van der Waals surface area contributed by atoms with E-state index in [-0.39, 0.29) is 11.7 Å². The summed E-state index contributed by atoms with van der Waals surface area (Å²) in [7, 11) is 0. The van der Waals surface area contributed by atoms with Crippen molar-refractivity contribution in [1.82, 2.24) is 9.55 Å². The summed E-state index contributed by atoms with van der Waals surface area (Å²) >= 11 is 1.18. The summed E-state index contributed by atoms with van der Waals surface area (Å²) in [6.45, 7) is 1.76. The van der Waals surface area contributed by atoms with Crippen LogP contribution in [0.4, 0.5) is 11.5 Å². The van der Waals surface area contributed by atoms with Gasteiger partial charge in [0.1, 0.15) is 5.82 Å². The molecule has 3 aromatic rings. The standard InChI is InChI=1S/C19H18N4O2S/c1-13(18(25)21-14-8-4-2-5-9-14)26-19-22-17(24)12-16(20)23(19)15-10-6-3-7-11-15/h2-13H,20H2,1H3,(H,21,25). The van der Waals surface area contributed by atoms with Crippen LogP contribution in [0.5, 0.6) is 0 Å². The molecule has 0 fully saturated rings. The Morgan fingerprint density at radius 2 is 1.73 bits per heavy atom. The minimum atomic E-state index is -0.473. The van der Waals surface area contributed by atoms with Gasteiger partial charge in [-0.05, 0) is 31.2 Å². The highest BCUT2D eigenvalue weighted by molar-refractivity contribution is 8.00. The molecule has 6 nitrogen and oxygen atoms in total. The van der Waals surface area contributed by atoms with Gasteiger partial charge in [-0.15, -0.1) is 0 Å². The number of para-hydroxylation sites is 2. The summed E-state index contributed by atoms with van der Waals surface area (Å²) in [4.78, 5) is 28.3. The van der Waals surface area contributed by atoms with Crippen LogP contribution < -0.4 is 16.6 Å². The molecular weight excluding hydrogens is 348 g/mol. The molecule has 1 unspecified atom stereocenters. The van der Waals surface area contributed by atoms with Crippen LogP contribution in [0.1, 0.15) is 6.92 Å². The predicted octanol–water partition coefficient (Wildman–Crippen LogP) is 2.93. The van der Waals surface area contributed by atoms with Gasteiger partial charge in [0.25, 0.3) is 5.56 Å². The quantitative estimate of drug-likeness (QED) is 0.535. The zero-order valence-corrected chi connectivity index (χ0v) is 14.9. The van der Waals surface area contributed by atoms with Crippen molar-refractivity contribution in [1.29, 1.82) is 0 Å². The third-order valence-corrected chi connectivity index (χ3v) is 4.69. The molecule has 1 atom stereocenters. The molecule has 0 aliphatic carbocycles. The molecule has 0 radical (unpaired) electrons. The Labute approximate surface area is 155 Å². The highest BCUT2D eigenvalue weighted by atomic mass is 32.2. The van der Waals surface area contributed by atoms with Crippen LogP contribution in [0, 0.1) is 0 Å². The number of anilines is 2. The monoisotopic (exact) mass is 366 g/mol. The highest BCUT2D eigenvalue weighted by Crippen LogP contribution is 2.26. The lowest BCUT2D eigenvalue weighted by Gasteiger charge is -2.17. The van der Waals surface area contributed by atoms with E-state index in [0.717, 1.165) is 5.69 Å². The molecule has 0 spiro atoms. The van der Waals surface area contributed by atoms with Crippen molar-refractivity contribution in [3.63, 3.8) is 0 Å². The molecule has 3 N–H and O–H groups in total. The van der Waals surface area contributed by atoms with E-state index >= 15 is 0 Å². The molecule has 2 aromatic carbocycles. The van der Waals surface area contributed by atoms with Gasteiger partial charge in [0.2, 0.25) is 5.91 Å². The molecule has 0 aliphatic rings. The maximum Gasteiger partial charge on any atom is 0.275 e. The number of carbonyl (C=O) groups is 1. The Kier molecular flexibility index (Phi) is 5.38. The van der Waals surface area contributed by atoms with E-state index in [1.807, 2.05) is 60.7 Å². The Morgan fingerprint density at radius 3 is 2.38 bits per heavy atom. The summed E-state index contributed by atoms with van der Waals surface area (Å²) in [6.07, 6.45) is 0. The number of thioether (sulfide) groups is 1. The number of hydrogen-bond acceptors (Lipinski definition) is 5. The number of benzene rings is 2. The first-order valence-electron chi connectivity index (χ1n) is 8.02. The second-order valence-electron chi connectivity index (χ2n) is 5.59. The molecular formula is C19H18N4O2S. The SMILES string of the molecule is CC(Sc1nc(=O)cc(N)n1-c1ccccc1)C(=O)Nc1ccccc1. The minimum Gasteiger partial charge on any atom is -0.385 e. The van der Waals surface area contributed by atoms with Gasteiger partial charge in [0.05, 0.1) is 5.25 Å². The van der Waals surface area contributed by atoms with E-state index < -0.39 is 10.8 Å². The molecule has 0 aliphatic heterocycles. The van der Waals surface area contributed by atoms with E-state index in [1.165, 1.54) is 17.8 Å². The van der Waals surface area contributed by atoms with E-state index in [1.54, 1.807) is 11.5 Å². The van der Waals surface area contributed by atoms with E-state index in [0.29, 0.717) is 10.8 Å². The lowest BCUT2D eigenvalue weighted by molar-refractivity contribution is -0.115. The van der Waals surface area contributed by atoms with Gasteiger partial charge in [0.15, 0.2) is 5.16 Å². The molecule has 7 heteroatoms. The normalized spacial score (nSPS) is 11.7. The number of nitrogens with one attached hydrogen (secondary N) is 1. The Balaban J connectivity index is 1.87. The van der Waals surface area contributed by atoms with Crippen molar-refractivity contribution < 1.29 is 4.79 Å². The first kappa shape index (κ1) is 17.8. The van der Waals surface area contributed by atoms with Gasteiger partial charge in [0, 0.05) is 17.4 Å². The molecule has 1 aromatic heterocycles. The topological polar surface area (TPSA) is 90.0 Å². The van der Waals surface area contributed by atoms with Crippen LogP contribution in [-0.4, -0.2) is 20.7 Å². The third kappa shape index (κ3) is 4.12. The Hall–Kier alpha value is -3.06. The summed E-state index contributed by atoms with van der Waals surface area (Å²) < 4.78 is 1.67. The Bertz CT molecular complexity index is 958. The highest BCUT2D eigenvalue weighted by Gasteiger charge is 2.19. The molecule has 1 amide bonds. The van der Waals surface area contributed by atoms with Crippen molar-refractivity contribution in [2.24, 2.45) is 0 Å². The summed E-state index contributed by atoms with van der Waals surface area (Å²) in [5.74, 6) is 0.0897. The second kappa shape index (κ2) is 7.88. The van der Waals surface area contributed by atoms with Gasteiger partial charge in [-0.25, -0.2) is 0 Å². The average molecular weight is 366 g/mol. The number of carbonyl (C=O) groups excluding carboxylic acids is 1. The van der Waals surface area contributed by atoms with Crippen molar-refractivity contribution in [3.05, 3.63) is 77.1 Å². The van der Waals surface area contributed by atoms with Crippen LogP contribution in [0.3, 0.4) is 0 Å². The molecule has 26 heavy (non-hydrogen) atoms. The number of nitrogens with two attached hydrogens (primary N) is 1. The zero-order valence-electron chi connectivity index (χ0n) is 14.1. The fraction of sp³-hybridized carbons (Fsp3) is 0.105. The fourth-order valence-electron chi connectivity index (χ4n) is 2.37. The average Bonchev–Trinajstić information content (AvgIpc) is 2.63. The summed E-state index contributed by atoms with van der Waals surface area (Å²) in [5.41, 5.74) is 7.09. The van der Waals surface area contributed by atoms with Gasteiger partial charge in [-0.1, -0.05) is 48.2 Å². The molecule has 3 rings (SSSR count). The molecule has 132 valence electrons. The molecule has 1 heterocycles. The molecule has 0 saturated heterocycles. The lowest BCUT2D eigenvalue weighted by atomic mass is 10.3.